The Morgan fingerprint density at radius 1 is 1.47 bits per heavy atom. The van der Waals surface area contributed by atoms with Gasteiger partial charge in [0.2, 0.25) is 5.95 Å². The van der Waals surface area contributed by atoms with Crippen LogP contribution in [0.4, 0.5) is 11.8 Å². The molecule has 0 radical (unpaired) electrons. The maximum absolute atomic E-state index is 9.49. The minimum absolute atomic E-state index is 0.0387. The molecule has 5 nitrogen and oxygen atoms in total. The molecule has 1 fully saturated rings. The van der Waals surface area contributed by atoms with Gasteiger partial charge in [-0.1, -0.05) is 24.4 Å². The zero-order chi connectivity index (χ0) is 12.3. The Bertz CT molecular complexity index is 393. The highest BCUT2D eigenvalue weighted by Crippen LogP contribution is 2.37. The first-order valence-corrected chi connectivity index (χ1v) is 6.16. The standard InChI is InChI=1S/C11H17ClN4O/c12-8-5-14-10(13)16-9(8)15-6-11(7-17)3-1-2-4-11/h5,17H,1-4,6-7H2,(H3,13,14,15,16). The second-order valence-corrected chi connectivity index (χ2v) is 5.05. The number of nitrogens with zero attached hydrogens (tertiary/aromatic N) is 2. The van der Waals surface area contributed by atoms with Crippen LogP contribution in [-0.4, -0.2) is 28.2 Å². The molecule has 0 atom stereocenters. The van der Waals surface area contributed by atoms with E-state index in [1.807, 2.05) is 0 Å². The summed E-state index contributed by atoms with van der Waals surface area (Å²) in [5.41, 5.74) is 5.47. The Kier molecular flexibility index (Phi) is 3.69. The van der Waals surface area contributed by atoms with Crippen LogP contribution in [0, 0.1) is 5.41 Å². The van der Waals surface area contributed by atoms with Crippen molar-refractivity contribution in [1.82, 2.24) is 9.97 Å². The van der Waals surface area contributed by atoms with Crippen molar-refractivity contribution in [2.24, 2.45) is 5.41 Å². The summed E-state index contributed by atoms with van der Waals surface area (Å²) in [6.45, 7) is 0.859. The number of nitrogens with one attached hydrogen (secondary N) is 1. The molecule has 0 aromatic carbocycles. The lowest BCUT2D eigenvalue weighted by atomic mass is 9.87. The van der Waals surface area contributed by atoms with Crippen molar-refractivity contribution in [2.75, 3.05) is 24.2 Å². The van der Waals surface area contributed by atoms with Crippen LogP contribution in [0.15, 0.2) is 6.20 Å². The molecule has 1 aromatic heterocycles. The summed E-state index contributed by atoms with van der Waals surface area (Å²) >= 11 is 5.96. The molecule has 94 valence electrons. The van der Waals surface area contributed by atoms with Crippen molar-refractivity contribution in [2.45, 2.75) is 25.7 Å². The summed E-state index contributed by atoms with van der Waals surface area (Å²) in [7, 11) is 0. The van der Waals surface area contributed by atoms with Crippen molar-refractivity contribution < 1.29 is 5.11 Å². The maximum atomic E-state index is 9.49. The lowest BCUT2D eigenvalue weighted by Gasteiger charge is -2.27. The quantitative estimate of drug-likeness (QED) is 0.763. The van der Waals surface area contributed by atoms with E-state index in [4.69, 9.17) is 17.3 Å². The Morgan fingerprint density at radius 3 is 2.82 bits per heavy atom. The fraction of sp³-hybridized carbons (Fsp3) is 0.636. The van der Waals surface area contributed by atoms with E-state index in [1.165, 1.54) is 19.0 Å². The Morgan fingerprint density at radius 2 is 2.18 bits per heavy atom. The van der Waals surface area contributed by atoms with Crippen molar-refractivity contribution in [3.63, 3.8) is 0 Å². The first-order valence-electron chi connectivity index (χ1n) is 5.78. The molecule has 1 aliphatic rings. The van der Waals surface area contributed by atoms with Gasteiger partial charge < -0.3 is 16.2 Å². The number of nitrogens with two attached hydrogens (primary N) is 1. The number of aliphatic hydroxyl groups is 1. The van der Waals surface area contributed by atoms with E-state index in [2.05, 4.69) is 15.3 Å². The van der Waals surface area contributed by atoms with Gasteiger partial charge in [-0.3, -0.25) is 0 Å². The second kappa shape index (κ2) is 5.06. The molecule has 0 saturated heterocycles. The van der Waals surface area contributed by atoms with Crippen molar-refractivity contribution in [1.29, 1.82) is 0 Å². The molecule has 17 heavy (non-hydrogen) atoms. The third-order valence-electron chi connectivity index (χ3n) is 3.39. The lowest BCUT2D eigenvalue weighted by Crippen LogP contribution is -2.30. The van der Waals surface area contributed by atoms with Gasteiger partial charge in [0, 0.05) is 12.0 Å². The summed E-state index contributed by atoms with van der Waals surface area (Å²) in [5, 5.41) is 13.1. The minimum atomic E-state index is -0.0387. The number of halogens is 1. The third kappa shape index (κ3) is 2.79. The fourth-order valence-corrected chi connectivity index (χ4v) is 2.45. The van der Waals surface area contributed by atoms with E-state index in [0.717, 1.165) is 12.8 Å². The van der Waals surface area contributed by atoms with E-state index < -0.39 is 0 Å². The van der Waals surface area contributed by atoms with Gasteiger partial charge in [0.1, 0.15) is 10.8 Å². The number of aliphatic hydroxyl groups excluding tert-OH is 1. The minimum Gasteiger partial charge on any atom is -0.396 e. The Hall–Kier alpha value is -1.07. The monoisotopic (exact) mass is 256 g/mol. The molecule has 0 spiro atoms. The normalized spacial score (nSPS) is 18.2. The zero-order valence-electron chi connectivity index (χ0n) is 9.62. The largest absolute Gasteiger partial charge is 0.396 e. The smallest absolute Gasteiger partial charge is 0.222 e. The highest BCUT2D eigenvalue weighted by Gasteiger charge is 2.33. The topological polar surface area (TPSA) is 84.1 Å². The van der Waals surface area contributed by atoms with E-state index in [1.54, 1.807) is 0 Å². The molecule has 0 bridgehead atoms. The molecule has 0 unspecified atom stereocenters. The first kappa shape index (κ1) is 12.4. The molecular weight excluding hydrogens is 240 g/mol. The molecule has 0 amide bonds. The van der Waals surface area contributed by atoms with Gasteiger partial charge in [0.05, 0.1) is 12.8 Å². The molecule has 1 aromatic rings. The molecule has 2 rings (SSSR count). The molecule has 1 heterocycles. The van der Waals surface area contributed by atoms with Crippen LogP contribution < -0.4 is 11.1 Å². The molecule has 4 N–H and O–H groups in total. The lowest BCUT2D eigenvalue weighted by molar-refractivity contribution is 0.142. The molecule has 0 aliphatic heterocycles. The van der Waals surface area contributed by atoms with E-state index in [9.17, 15) is 5.11 Å². The van der Waals surface area contributed by atoms with E-state index in [0.29, 0.717) is 17.4 Å². The van der Waals surface area contributed by atoms with Gasteiger partial charge >= 0.3 is 0 Å². The van der Waals surface area contributed by atoms with E-state index in [-0.39, 0.29) is 18.0 Å². The Balaban J connectivity index is 2.03. The predicted molar refractivity (Wildman–Crippen MR) is 67.9 cm³/mol. The van der Waals surface area contributed by atoms with Crippen LogP contribution in [-0.2, 0) is 0 Å². The summed E-state index contributed by atoms with van der Waals surface area (Å²) < 4.78 is 0. The predicted octanol–water partition coefficient (Wildman–Crippen LogP) is 1.68. The summed E-state index contributed by atoms with van der Waals surface area (Å²) in [5.74, 6) is 0.736. The van der Waals surface area contributed by atoms with Crippen molar-refractivity contribution in [3.05, 3.63) is 11.2 Å². The summed E-state index contributed by atoms with van der Waals surface area (Å²) in [4.78, 5) is 7.84. The highest BCUT2D eigenvalue weighted by atomic mass is 35.5. The van der Waals surface area contributed by atoms with Crippen LogP contribution in [0.25, 0.3) is 0 Å². The number of anilines is 2. The average Bonchev–Trinajstić information content (AvgIpc) is 2.80. The zero-order valence-corrected chi connectivity index (χ0v) is 10.4. The summed E-state index contributed by atoms with van der Waals surface area (Å²) in [6.07, 6.45) is 5.89. The summed E-state index contributed by atoms with van der Waals surface area (Å²) in [6, 6.07) is 0. The molecule has 1 saturated carbocycles. The van der Waals surface area contributed by atoms with Crippen molar-refractivity contribution in [3.8, 4) is 0 Å². The maximum Gasteiger partial charge on any atom is 0.222 e. The number of hydrogen-bond donors (Lipinski definition) is 3. The first-order chi connectivity index (χ1) is 8.15. The van der Waals surface area contributed by atoms with Crippen LogP contribution in [0.1, 0.15) is 25.7 Å². The van der Waals surface area contributed by atoms with Gasteiger partial charge in [-0.25, -0.2) is 4.98 Å². The molecule has 1 aliphatic carbocycles. The fourth-order valence-electron chi connectivity index (χ4n) is 2.29. The third-order valence-corrected chi connectivity index (χ3v) is 3.67. The van der Waals surface area contributed by atoms with Crippen LogP contribution in [0.3, 0.4) is 0 Å². The van der Waals surface area contributed by atoms with Gasteiger partial charge in [-0.15, -0.1) is 0 Å². The van der Waals surface area contributed by atoms with Crippen molar-refractivity contribution >= 4 is 23.4 Å². The number of aromatic nitrogens is 2. The SMILES string of the molecule is Nc1ncc(Cl)c(NCC2(CO)CCCC2)n1. The van der Waals surface area contributed by atoms with E-state index >= 15 is 0 Å². The number of rotatable bonds is 4. The molecular formula is C11H17ClN4O. The van der Waals surface area contributed by atoms with Crippen LogP contribution in [0.2, 0.25) is 5.02 Å². The van der Waals surface area contributed by atoms with Gasteiger partial charge in [0.25, 0.3) is 0 Å². The van der Waals surface area contributed by atoms with Crippen LogP contribution >= 0.6 is 11.6 Å². The highest BCUT2D eigenvalue weighted by molar-refractivity contribution is 6.32. The molecule has 6 heteroatoms. The van der Waals surface area contributed by atoms with Gasteiger partial charge in [0.15, 0.2) is 0 Å². The van der Waals surface area contributed by atoms with Gasteiger partial charge in [-0.2, -0.15) is 4.98 Å². The second-order valence-electron chi connectivity index (χ2n) is 4.64. The Labute approximate surface area is 105 Å². The van der Waals surface area contributed by atoms with Gasteiger partial charge in [-0.05, 0) is 12.8 Å². The van der Waals surface area contributed by atoms with Crippen LogP contribution in [0.5, 0.6) is 0 Å². The number of nitrogen functional groups attached to an aromatic ring is 1. The average molecular weight is 257 g/mol. The number of hydrogen-bond acceptors (Lipinski definition) is 5.